The second kappa shape index (κ2) is 4.63. The van der Waals surface area contributed by atoms with Gasteiger partial charge >= 0.3 is 0 Å². The topological polar surface area (TPSA) is 55.1 Å². The molecule has 3 N–H and O–H groups in total. The molecule has 0 unspecified atom stereocenters. The first-order valence-corrected chi connectivity index (χ1v) is 6.27. The maximum Gasteiger partial charge on any atom is 0.253 e. The summed E-state index contributed by atoms with van der Waals surface area (Å²) in [5, 5.41) is 3.36. The van der Waals surface area contributed by atoms with Gasteiger partial charge in [-0.15, -0.1) is 0 Å². The van der Waals surface area contributed by atoms with Gasteiger partial charge < -0.3 is 11.1 Å². The number of hydrogen-bond acceptors (Lipinski definition) is 2. The predicted octanol–water partition coefficient (Wildman–Crippen LogP) is 2.82. The van der Waals surface area contributed by atoms with Crippen LogP contribution in [0, 0.1) is 5.92 Å². The Kier molecular flexibility index (Phi) is 3.40. The van der Waals surface area contributed by atoms with Crippen LogP contribution in [0.15, 0.2) is 16.6 Å². The summed E-state index contributed by atoms with van der Waals surface area (Å²) in [7, 11) is 0. The Labute approximate surface area is 107 Å². The van der Waals surface area contributed by atoms with E-state index in [4.69, 9.17) is 17.3 Å². The summed E-state index contributed by atoms with van der Waals surface area (Å²) >= 11 is 9.14. The van der Waals surface area contributed by atoms with Crippen LogP contribution in [-0.4, -0.2) is 12.5 Å². The van der Waals surface area contributed by atoms with Crippen molar-refractivity contribution in [2.24, 2.45) is 5.92 Å². The first kappa shape index (κ1) is 11.7. The molecule has 0 spiro atoms. The van der Waals surface area contributed by atoms with Gasteiger partial charge in [0.05, 0.1) is 11.3 Å². The molecule has 1 saturated carbocycles. The predicted molar refractivity (Wildman–Crippen MR) is 68.6 cm³/mol. The van der Waals surface area contributed by atoms with Crippen LogP contribution >= 0.6 is 27.5 Å². The Bertz CT molecular complexity index is 432. The van der Waals surface area contributed by atoms with E-state index >= 15 is 0 Å². The lowest BCUT2D eigenvalue weighted by Crippen LogP contribution is -2.26. The first-order valence-electron chi connectivity index (χ1n) is 5.10. The average Bonchev–Trinajstić information content (AvgIpc) is 3.03. The molecule has 1 aromatic carbocycles. The summed E-state index contributed by atoms with van der Waals surface area (Å²) in [5.74, 6) is 0.486. The van der Waals surface area contributed by atoms with E-state index in [1.54, 1.807) is 12.1 Å². The molecule has 0 heterocycles. The summed E-state index contributed by atoms with van der Waals surface area (Å²) in [4.78, 5) is 11.8. The van der Waals surface area contributed by atoms with Crippen LogP contribution in [0.3, 0.4) is 0 Å². The van der Waals surface area contributed by atoms with Gasteiger partial charge in [-0.25, -0.2) is 0 Å². The van der Waals surface area contributed by atoms with E-state index in [1.807, 2.05) is 0 Å². The quantitative estimate of drug-likeness (QED) is 0.844. The molecule has 0 radical (unpaired) electrons. The molecule has 1 aromatic rings. The number of carbonyl (C=O) groups is 1. The molecule has 2 rings (SSSR count). The summed E-state index contributed by atoms with van der Waals surface area (Å²) in [6, 6.07) is 3.26. The molecule has 86 valence electrons. The van der Waals surface area contributed by atoms with Gasteiger partial charge in [-0.05, 0) is 46.8 Å². The van der Waals surface area contributed by atoms with Gasteiger partial charge in [0.1, 0.15) is 0 Å². The molecule has 16 heavy (non-hydrogen) atoms. The van der Waals surface area contributed by atoms with E-state index in [-0.39, 0.29) is 5.91 Å². The molecule has 1 amide bonds. The van der Waals surface area contributed by atoms with Gasteiger partial charge in [0.15, 0.2) is 0 Å². The lowest BCUT2D eigenvalue weighted by molar-refractivity contribution is 0.0952. The van der Waals surface area contributed by atoms with Crippen molar-refractivity contribution < 1.29 is 4.79 Å². The number of rotatable bonds is 3. The van der Waals surface area contributed by atoms with Crippen molar-refractivity contribution in [3.05, 3.63) is 27.2 Å². The summed E-state index contributed by atoms with van der Waals surface area (Å²) in [5.41, 5.74) is 6.67. The van der Waals surface area contributed by atoms with Gasteiger partial charge in [-0.2, -0.15) is 0 Å². The Morgan fingerprint density at radius 3 is 2.88 bits per heavy atom. The largest absolute Gasteiger partial charge is 0.397 e. The Hall–Kier alpha value is -0.740. The van der Waals surface area contributed by atoms with E-state index < -0.39 is 0 Å². The molecule has 0 saturated heterocycles. The minimum atomic E-state index is -0.160. The zero-order valence-electron chi connectivity index (χ0n) is 8.59. The second-order valence-electron chi connectivity index (χ2n) is 4.00. The molecule has 3 nitrogen and oxygen atoms in total. The number of nitrogens with two attached hydrogens (primary N) is 1. The van der Waals surface area contributed by atoms with Gasteiger partial charge in [0, 0.05) is 16.0 Å². The van der Waals surface area contributed by atoms with Crippen LogP contribution in [0.4, 0.5) is 5.69 Å². The maximum atomic E-state index is 11.8. The summed E-state index contributed by atoms with van der Waals surface area (Å²) in [6.45, 7) is 0.725. The van der Waals surface area contributed by atoms with Crippen molar-refractivity contribution in [3.8, 4) is 0 Å². The second-order valence-corrected chi connectivity index (χ2v) is 5.29. The number of halogens is 2. The van der Waals surface area contributed by atoms with Crippen molar-refractivity contribution >= 4 is 39.1 Å². The molecule has 5 heteroatoms. The maximum absolute atomic E-state index is 11.8. The Balaban J connectivity index is 2.14. The third-order valence-corrected chi connectivity index (χ3v) is 3.46. The van der Waals surface area contributed by atoms with Gasteiger partial charge in [-0.1, -0.05) is 11.6 Å². The minimum absolute atomic E-state index is 0.160. The first-order chi connectivity index (χ1) is 7.58. The van der Waals surface area contributed by atoms with Crippen molar-refractivity contribution in [2.45, 2.75) is 12.8 Å². The van der Waals surface area contributed by atoms with Crippen LogP contribution in [0.25, 0.3) is 0 Å². The average molecular weight is 304 g/mol. The van der Waals surface area contributed by atoms with E-state index in [9.17, 15) is 4.79 Å². The Morgan fingerprint density at radius 1 is 1.56 bits per heavy atom. The highest BCUT2D eigenvalue weighted by molar-refractivity contribution is 9.10. The lowest BCUT2D eigenvalue weighted by atomic mass is 10.1. The highest BCUT2D eigenvalue weighted by atomic mass is 79.9. The summed E-state index contributed by atoms with van der Waals surface area (Å²) < 4.78 is 0.650. The van der Waals surface area contributed by atoms with E-state index in [0.29, 0.717) is 26.7 Å². The molecule has 1 fully saturated rings. The van der Waals surface area contributed by atoms with Crippen molar-refractivity contribution in [1.29, 1.82) is 0 Å². The number of benzene rings is 1. The Morgan fingerprint density at radius 2 is 2.25 bits per heavy atom. The van der Waals surface area contributed by atoms with Crippen LogP contribution in [0.5, 0.6) is 0 Å². The van der Waals surface area contributed by atoms with Crippen molar-refractivity contribution in [3.63, 3.8) is 0 Å². The monoisotopic (exact) mass is 302 g/mol. The highest BCUT2D eigenvalue weighted by Crippen LogP contribution is 2.29. The molecule has 0 aromatic heterocycles. The minimum Gasteiger partial charge on any atom is -0.397 e. The van der Waals surface area contributed by atoms with E-state index in [0.717, 1.165) is 6.54 Å². The number of nitrogen functional groups attached to an aromatic ring is 1. The standard InChI is InChI=1S/C11H12BrClN2O/c12-9-4-7(13)3-8(10(9)14)11(16)15-5-6-1-2-6/h3-4,6H,1-2,5,14H2,(H,15,16). The molecule has 0 aliphatic heterocycles. The molecular formula is C11H12BrClN2O. The fourth-order valence-electron chi connectivity index (χ4n) is 1.43. The van der Waals surface area contributed by atoms with Gasteiger partial charge in [-0.3, -0.25) is 4.79 Å². The molecule has 0 bridgehead atoms. The van der Waals surface area contributed by atoms with Crippen LogP contribution in [-0.2, 0) is 0 Å². The van der Waals surface area contributed by atoms with E-state index in [2.05, 4.69) is 21.2 Å². The molecule has 1 aliphatic carbocycles. The smallest absolute Gasteiger partial charge is 0.253 e. The van der Waals surface area contributed by atoms with Crippen molar-refractivity contribution in [2.75, 3.05) is 12.3 Å². The zero-order chi connectivity index (χ0) is 11.7. The van der Waals surface area contributed by atoms with Gasteiger partial charge in [0.2, 0.25) is 0 Å². The number of carbonyl (C=O) groups excluding carboxylic acids is 1. The number of hydrogen-bond donors (Lipinski definition) is 2. The number of amides is 1. The van der Waals surface area contributed by atoms with Crippen LogP contribution in [0.2, 0.25) is 5.02 Å². The number of anilines is 1. The van der Waals surface area contributed by atoms with E-state index in [1.165, 1.54) is 12.8 Å². The molecular weight excluding hydrogens is 291 g/mol. The lowest BCUT2D eigenvalue weighted by Gasteiger charge is -2.09. The van der Waals surface area contributed by atoms with Crippen molar-refractivity contribution in [1.82, 2.24) is 5.32 Å². The fraction of sp³-hybridized carbons (Fsp3) is 0.364. The van der Waals surface area contributed by atoms with Crippen LogP contribution < -0.4 is 11.1 Å². The van der Waals surface area contributed by atoms with Gasteiger partial charge in [0.25, 0.3) is 5.91 Å². The normalized spacial score (nSPS) is 14.9. The fourth-order valence-corrected chi connectivity index (χ4v) is 2.24. The zero-order valence-corrected chi connectivity index (χ0v) is 10.9. The third kappa shape index (κ3) is 2.68. The highest BCUT2D eigenvalue weighted by Gasteiger charge is 2.22. The number of nitrogens with one attached hydrogen (secondary N) is 1. The molecule has 1 aliphatic rings. The SMILES string of the molecule is Nc1c(Br)cc(Cl)cc1C(=O)NCC1CC1. The summed E-state index contributed by atoms with van der Waals surface area (Å²) in [6.07, 6.45) is 2.41. The third-order valence-electron chi connectivity index (χ3n) is 2.59. The molecule has 0 atom stereocenters. The van der Waals surface area contributed by atoms with Crippen LogP contribution in [0.1, 0.15) is 23.2 Å².